The van der Waals surface area contributed by atoms with Gasteiger partial charge in [-0.15, -0.1) is 0 Å². The number of rotatable bonds is 45. The van der Waals surface area contributed by atoms with Crippen molar-refractivity contribution < 1.29 is 103 Å². The second kappa shape index (κ2) is 42.8. The van der Waals surface area contributed by atoms with Crippen LogP contribution in [0.3, 0.4) is 0 Å². The fourth-order valence-corrected chi connectivity index (χ4v) is 10.2. The molecule has 2 rings (SSSR count). The Balaban J connectivity index is 0.0000238. The zero-order valence-corrected chi connectivity index (χ0v) is 46.4. The van der Waals surface area contributed by atoms with Crippen LogP contribution in [-0.4, -0.2) is 142 Å². The summed E-state index contributed by atoms with van der Waals surface area (Å²) in [5.74, 6) is 0. The second-order valence-corrected chi connectivity index (χ2v) is 21.2. The van der Waals surface area contributed by atoms with Crippen molar-refractivity contribution in [2.24, 2.45) is 5.73 Å². The van der Waals surface area contributed by atoms with Crippen molar-refractivity contribution in [2.75, 3.05) is 33.0 Å². The number of phosphoric ester groups is 1. The fraction of sp³-hybridized carbons (Fsp3) is 1.00. The number of hydrogen-bond donors (Lipinski definition) is 8. The molecule has 1 aliphatic heterocycles. The Morgan fingerprint density at radius 3 is 1.30 bits per heavy atom. The van der Waals surface area contributed by atoms with E-state index in [0.29, 0.717) is 13.2 Å². The van der Waals surface area contributed by atoms with Crippen molar-refractivity contribution in [2.45, 2.75) is 293 Å². The molecule has 9 N–H and O–H groups in total. The van der Waals surface area contributed by atoms with Crippen molar-refractivity contribution >= 4 is 7.82 Å². The summed E-state index contributed by atoms with van der Waals surface area (Å²) >= 11 is 0. The number of aliphatic hydroxyl groups is 7. The quantitative estimate of drug-likeness (QED) is 0.0239. The van der Waals surface area contributed by atoms with Gasteiger partial charge in [-0.1, -0.05) is 206 Å². The standard InChI is InChI=1S/C51H102NO15P.Na/c1-3-5-7-9-11-13-15-17-19-21-23-25-27-29-31-33-35-62-38-40(63-36-34-32-30-28-26-24-22-20-18-16-14-12-10-8-6-4-2)39-64-68(60,61)67-50-48(59)46(57)45(56)47(58)49(50)66-51-42(52)44(55)43(54)41(37-53)65-51;/h40-51,53-59H,3-39,52H2,1-2H3,(H,60,61);/q;+1/p-1/t40-,41-,42-,43-,44-,45-,46-,47+,48-,49-,50-,51-;/m1./s1. The zero-order valence-electron chi connectivity index (χ0n) is 43.5. The molecule has 2 fully saturated rings. The van der Waals surface area contributed by atoms with E-state index in [1.807, 2.05) is 0 Å². The van der Waals surface area contributed by atoms with Gasteiger partial charge in [0.25, 0.3) is 7.82 Å². The molecule has 1 saturated heterocycles. The minimum Gasteiger partial charge on any atom is -0.756 e. The molecule has 1 unspecified atom stereocenters. The Labute approximate surface area is 439 Å². The normalized spacial score (nSPS) is 27.6. The minimum atomic E-state index is -5.36. The maximum absolute atomic E-state index is 13.3. The first kappa shape index (κ1) is 67.6. The Hall–Kier alpha value is 0.630. The summed E-state index contributed by atoms with van der Waals surface area (Å²) in [6, 6.07) is -1.47. The van der Waals surface area contributed by atoms with Crippen LogP contribution in [0.2, 0.25) is 0 Å². The predicted octanol–water partition coefficient (Wildman–Crippen LogP) is 4.39. The van der Waals surface area contributed by atoms with Crippen molar-refractivity contribution in [3.05, 3.63) is 0 Å². The first-order valence-electron chi connectivity index (χ1n) is 27.5. The molecule has 0 aromatic rings. The molecule has 69 heavy (non-hydrogen) atoms. The molecule has 16 nitrogen and oxygen atoms in total. The largest absolute Gasteiger partial charge is 1.00 e. The van der Waals surface area contributed by atoms with Crippen molar-refractivity contribution in [1.29, 1.82) is 0 Å². The molecule has 13 atom stereocenters. The molecular weight excluding hydrogens is 921 g/mol. The minimum absolute atomic E-state index is 0. The van der Waals surface area contributed by atoms with Gasteiger partial charge >= 0.3 is 29.6 Å². The first-order chi connectivity index (χ1) is 32.9. The van der Waals surface area contributed by atoms with Crippen LogP contribution in [0.25, 0.3) is 0 Å². The van der Waals surface area contributed by atoms with E-state index in [9.17, 15) is 45.2 Å². The van der Waals surface area contributed by atoms with Crippen molar-refractivity contribution in [3.8, 4) is 0 Å². The second-order valence-electron chi connectivity index (χ2n) is 19.8. The molecule has 1 heterocycles. The third-order valence-electron chi connectivity index (χ3n) is 13.7. The van der Waals surface area contributed by atoms with E-state index in [2.05, 4.69) is 13.8 Å². The molecule has 0 radical (unpaired) electrons. The van der Waals surface area contributed by atoms with Gasteiger partial charge in [-0.25, -0.2) is 0 Å². The smallest absolute Gasteiger partial charge is 0.756 e. The van der Waals surface area contributed by atoms with E-state index in [1.54, 1.807) is 0 Å². The summed E-state index contributed by atoms with van der Waals surface area (Å²) in [6.07, 6.45) is 20.8. The molecule has 0 aromatic heterocycles. The van der Waals surface area contributed by atoms with E-state index < -0.39 is 94.4 Å². The average Bonchev–Trinajstić information content (AvgIpc) is 3.33. The molecule has 0 amide bonds. The number of nitrogens with two attached hydrogens (primary N) is 1. The van der Waals surface area contributed by atoms with E-state index >= 15 is 0 Å². The van der Waals surface area contributed by atoms with Gasteiger partial charge in [0.15, 0.2) is 6.29 Å². The summed E-state index contributed by atoms with van der Waals surface area (Å²) in [4.78, 5) is 13.3. The maximum Gasteiger partial charge on any atom is 1.00 e. The predicted molar refractivity (Wildman–Crippen MR) is 263 cm³/mol. The van der Waals surface area contributed by atoms with E-state index in [-0.39, 0.29) is 36.2 Å². The van der Waals surface area contributed by atoms with Gasteiger partial charge in [0.1, 0.15) is 61.0 Å². The van der Waals surface area contributed by atoms with Gasteiger partial charge in [0.05, 0.1) is 25.9 Å². The Bertz CT molecular complexity index is 1220. The third-order valence-corrected chi connectivity index (χ3v) is 14.7. The topological polar surface area (TPSA) is 263 Å². The van der Waals surface area contributed by atoms with Crippen LogP contribution in [-0.2, 0) is 32.6 Å². The number of ether oxygens (including phenoxy) is 4. The van der Waals surface area contributed by atoms with Crippen LogP contribution < -0.4 is 40.2 Å². The zero-order chi connectivity index (χ0) is 49.8. The molecule has 0 aromatic carbocycles. The van der Waals surface area contributed by atoms with Gasteiger partial charge in [-0.2, -0.15) is 0 Å². The summed E-state index contributed by atoms with van der Waals surface area (Å²) in [5, 5.41) is 72.9. The van der Waals surface area contributed by atoms with Crippen molar-refractivity contribution in [1.82, 2.24) is 0 Å². The molecule has 0 spiro atoms. The maximum atomic E-state index is 13.3. The third kappa shape index (κ3) is 30.1. The Morgan fingerprint density at radius 1 is 0.522 bits per heavy atom. The summed E-state index contributed by atoms with van der Waals surface area (Å²) in [7, 11) is -5.36. The molecular formula is C51H101NNaO15P. The number of hydrogen-bond acceptors (Lipinski definition) is 16. The van der Waals surface area contributed by atoms with Gasteiger partial charge < -0.3 is 74.4 Å². The van der Waals surface area contributed by atoms with Crippen LogP contribution in [0, 0.1) is 0 Å². The van der Waals surface area contributed by atoms with Crippen molar-refractivity contribution in [3.63, 3.8) is 0 Å². The average molecular weight is 1020 g/mol. The Morgan fingerprint density at radius 2 is 0.899 bits per heavy atom. The van der Waals surface area contributed by atoms with E-state index in [4.69, 9.17) is 33.7 Å². The number of unbranched alkanes of at least 4 members (excludes halogenated alkanes) is 30. The molecule has 2 aliphatic rings. The van der Waals surface area contributed by atoms with Gasteiger partial charge in [-0.05, 0) is 12.8 Å². The molecule has 1 saturated carbocycles. The first-order valence-corrected chi connectivity index (χ1v) is 28.9. The van der Waals surface area contributed by atoms with E-state index in [1.165, 1.54) is 161 Å². The van der Waals surface area contributed by atoms with E-state index in [0.717, 1.165) is 44.9 Å². The summed E-state index contributed by atoms with van der Waals surface area (Å²) < 4.78 is 47.0. The van der Waals surface area contributed by atoms with Gasteiger partial charge in [0, 0.05) is 13.2 Å². The fourth-order valence-electron chi connectivity index (χ4n) is 9.21. The van der Waals surface area contributed by atoms with Gasteiger partial charge in [-0.3, -0.25) is 4.57 Å². The van der Waals surface area contributed by atoms with Crippen LogP contribution in [0.5, 0.6) is 0 Å². The number of aliphatic hydroxyl groups excluding tert-OH is 7. The van der Waals surface area contributed by atoms with Gasteiger partial charge in [0.2, 0.25) is 0 Å². The van der Waals surface area contributed by atoms with Crippen LogP contribution in [0.4, 0.5) is 0 Å². The SMILES string of the molecule is CCCCCCCCCCCCCCCCCCOC[C@H](COP(=O)([O-])O[C@@H]1[C@H](O)[C@H](O)[C@@H](O)[C@H](O)[C@H]1O[C@H]1O[C@H](CO)[C@@H](O)[C@H](O)[C@H]1N)OCCCCCCCCCCCCCCCCCC.[Na+]. The summed E-state index contributed by atoms with van der Waals surface area (Å²) in [5.41, 5.74) is 5.98. The van der Waals surface area contributed by atoms with Crippen LogP contribution in [0.1, 0.15) is 219 Å². The molecule has 18 heteroatoms. The molecule has 0 bridgehead atoms. The van der Waals surface area contributed by atoms with Crippen LogP contribution >= 0.6 is 7.82 Å². The Kier molecular flexibility index (Phi) is 42.0. The summed E-state index contributed by atoms with van der Waals surface area (Å²) in [6.45, 7) is 4.17. The number of phosphoric acid groups is 1. The molecule has 1 aliphatic carbocycles. The van der Waals surface area contributed by atoms with Crippen LogP contribution in [0.15, 0.2) is 0 Å². The molecule has 406 valence electrons. The monoisotopic (exact) mass is 1020 g/mol.